The van der Waals surface area contributed by atoms with Crippen LogP contribution in [-0.4, -0.2) is 23.8 Å². The molecule has 1 rings (SSSR count). The van der Waals surface area contributed by atoms with Crippen molar-refractivity contribution in [2.24, 2.45) is 0 Å². The molecule has 1 aromatic rings. The highest BCUT2D eigenvalue weighted by Gasteiger charge is 2.21. The van der Waals surface area contributed by atoms with Gasteiger partial charge in [0.05, 0.1) is 11.9 Å². The maximum absolute atomic E-state index is 11.2. The van der Waals surface area contributed by atoms with Gasteiger partial charge in [-0.05, 0) is 19.9 Å². The molecule has 0 saturated carbocycles. The number of aromatic nitrogens is 1. The van der Waals surface area contributed by atoms with Gasteiger partial charge < -0.3 is 5.11 Å². The van der Waals surface area contributed by atoms with Gasteiger partial charge in [-0.2, -0.15) is 0 Å². The number of hydrogen-bond donors (Lipinski definition) is 1. The molecule has 0 aliphatic rings. The minimum Gasteiger partial charge on any atom is -0.386 e. The molecule has 0 saturated heterocycles. The van der Waals surface area contributed by atoms with Crippen LogP contribution in [0.25, 0.3) is 0 Å². The quantitative estimate of drug-likeness (QED) is 0.840. The summed E-state index contributed by atoms with van der Waals surface area (Å²) in [5.74, 6) is 0. The van der Waals surface area contributed by atoms with Crippen LogP contribution in [0.1, 0.15) is 19.4 Å². The first kappa shape index (κ1) is 11.6. The zero-order valence-electron chi connectivity index (χ0n) is 8.15. The third kappa shape index (κ3) is 2.29. The molecule has 0 aliphatic carbocycles. The van der Waals surface area contributed by atoms with Gasteiger partial charge in [-0.15, -0.1) is 0 Å². The Labute approximate surface area is 88.2 Å². The molecular formula is C8H12ClNO3S. The highest BCUT2D eigenvalue weighted by molar-refractivity contribution is 7.89. The molecule has 0 unspecified atom stereocenters. The van der Waals surface area contributed by atoms with Crippen molar-refractivity contribution in [2.75, 3.05) is 6.26 Å². The Hall–Kier alpha value is -0.520. The van der Waals surface area contributed by atoms with E-state index < -0.39 is 15.6 Å². The minimum atomic E-state index is -3.40. The lowest BCUT2D eigenvalue weighted by molar-refractivity contribution is 0.0787. The maximum atomic E-state index is 11.2. The normalized spacial score (nSPS) is 13.2. The van der Waals surface area contributed by atoms with Gasteiger partial charge in [-0.1, -0.05) is 11.6 Å². The fourth-order valence-corrected chi connectivity index (χ4v) is 2.22. The summed E-state index contributed by atoms with van der Waals surface area (Å²) in [5, 5.41) is 9.70. The highest BCUT2D eigenvalue weighted by atomic mass is 35.5. The van der Waals surface area contributed by atoms with E-state index in [9.17, 15) is 13.5 Å². The molecule has 6 heteroatoms. The molecule has 1 aromatic heterocycles. The van der Waals surface area contributed by atoms with Crippen molar-refractivity contribution in [2.45, 2.75) is 19.4 Å². The SMILES string of the molecule is CC(C)(O)c1cc(Cl)n(S(C)(=O)=O)c1. The van der Waals surface area contributed by atoms with Crippen LogP contribution in [-0.2, 0) is 15.6 Å². The van der Waals surface area contributed by atoms with Crippen LogP contribution >= 0.6 is 11.6 Å². The summed E-state index contributed by atoms with van der Waals surface area (Å²) in [6.45, 7) is 3.12. The monoisotopic (exact) mass is 237 g/mol. The van der Waals surface area contributed by atoms with E-state index in [4.69, 9.17) is 11.6 Å². The van der Waals surface area contributed by atoms with Gasteiger partial charge in [-0.3, -0.25) is 0 Å². The largest absolute Gasteiger partial charge is 0.386 e. The number of rotatable bonds is 2. The van der Waals surface area contributed by atoms with Crippen molar-refractivity contribution in [1.82, 2.24) is 3.97 Å². The van der Waals surface area contributed by atoms with E-state index in [0.717, 1.165) is 10.2 Å². The van der Waals surface area contributed by atoms with Crippen molar-refractivity contribution in [3.8, 4) is 0 Å². The maximum Gasteiger partial charge on any atom is 0.236 e. The molecule has 0 radical (unpaired) electrons. The zero-order valence-corrected chi connectivity index (χ0v) is 9.72. The first-order valence-electron chi connectivity index (χ1n) is 3.93. The number of nitrogens with zero attached hydrogens (tertiary/aromatic N) is 1. The van der Waals surface area contributed by atoms with E-state index >= 15 is 0 Å². The van der Waals surface area contributed by atoms with Gasteiger partial charge in [0.1, 0.15) is 5.15 Å². The van der Waals surface area contributed by atoms with E-state index in [1.165, 1.54) is 12.3 Å². The summed E-state index contributed by atoms with van der Waals surface area (Å²) < 4.78 is 23.3. The van der Waals surface area contributed by atoms with Gasteiger partial charge in [0.2, 0.25) is 10.0 Å². The fourth-order valence-electron chi connectivity index (χ4n) is 1.01. The van der Waals surface area contributed by atoms with Crippen molar-refractivity contribution in [1.29, 1.82) is 0 Å². The van der Waals surface area contributed by atoms with Crippen LogP contribution in [0.4, 0.5) is 0 Å². The fraction of sp³-hybridized carbons (Fsp3) is 0.500. The molecule has 0 aromatic carbocycles. The van der Waals surface area contributed by atoms with Gasteiger partial charge in [0, 0.05) is 11.8 Å². The van der Waals surface area contributed by atoms with E-state index in [-0.39, 0.29) is 5.15 Å². The summed E-state index contributed by atoms with van der Waals surface area (Å²) >= 11 is 5.71. The summed E-state index contributed by atoms with van der Waals surface area (Å²) in [6, 6.07) is 1.43. The van der Waals surface area contributed by atoms with Crippen LogP contribution in [0, 0.1) is 0 Å². The molecule has 0 atom stereocenters. The topological polar surface area (TPSA) is 59.3 Å². The van der Waals surface area contributed by atoms with Crippen molar-refractivity contribution >= 4 is 21.6 Å². The molecule has 80 valence electrons. The first-order valence-corrected chi connectivity index (χ1v) is 6.16. The van der Waals surface area contributed by atoms with E-state index in [0.29, 0.717) is 5.56 Å². The Morgan fingerprint density at radius 2 is 2.00 bits per heavy atom. The first-order chi connectivity index (χ1) is 6.12. The van der Waals surface area contributed by atoms with E-state index in [1.54, 1.807) is 13.8 Å². The van der Waals surface area contributed by atoms with Crippen LogP contribution < -0.4 is 0 Å². The Bertz CT molecular complexity index is 442. The Morgan fingerprint density at radius 1 is 1.50 bits per heavy atom. The zero-order chi connectivity index (χ0) is 11.1. The minimum absolute atomic E-state index is 0.0737. The summed E-state index contributed by atoms with van der Waals surface area (Å²) in [4.78, 5) is 0. The molecule has 1 heterocycles. The van der Waals surface area contributed by atoms with Crippen LogP contribution in [0.2, 0.25) is 5.15 Å². The standard InChI is InChI=1S/C8H12ClNO3S/c1-8(2,11)6-4-7(9)10(5-6)14(3,12)13/h4-5,11H,1-3H3. The van der Waals surface area contributed by atoms with E-state index in [1.807, 2.05) is 0 Å². The van der Waals surface area contributed by atoms with Gasteiger partial charge in [0.15, 0.2) is 0 Å². The smallest absolute Gasteiger partial charge is 0.236 e. The number of hydrogen-bond acceptors (Lipinski definition) is 3. The molecular weight excluding hydrogens is 226 g/mol. The lowest BCUT2D eigenvalue weighted by atomic mass is 10.0. The third-order valence-corrected chi connectivity index (χ3v) is 3.21. The van der Waals surface area contributed by atoms with Gasteiger partial charge >= 0.3 is 0 Å². The van der Waals surface area contributed by atoms with Crippen LogP contribution in [0.15, 0.2) is 12.3 Å². The van der Waals surface area contributed by atoms with Crippen molar-refractivity contribution < 1.29 is 13.5 Å². The molecule has 0 bridgehead atoms. The number of aliphatic hydroxyl groups is 1. The Balaban J connectivity index is 3.33. The molecule has 0 aliphatic heterocycles. The van der Waals surface area contributed by atoms with Gasteiger partial charge in [0.25, 0.3) is 0 Å². The molecule has 0 spiro atoms. The highest BCUT2D eigenvalue weighted by Crippen LogP contribution is 2.25. The molecule has 0 amide bonds. The third-order valence-electron chi connectivity index (χ3n) is 1.81. The second kappa shape index (κ2) is 3.25. The molecule has 0 fully saturated rings. The van der Waals surface area contributed by atoms with Crippen molar-refractivity contribution in [3.05, 3.63) is 23.0 Å². The molecule has 1 N–H and O–H groups in total. The molecule has 14 heavy (non-hydrogen) atoms. The number of halogens is 1. The predicted octanol–water partition coefficient (Wildman–Crippen LogP) is 1.18. The lowest BCUT2D eigenvalue weighted by Gasteiger charge is -2.14. The second-order valence-electron chi connectivity index (χ2n) is 3.67. The summed E-state index contributed by atoms with van der Waals surface area (Å²) in [5.41, 5.74) is -0.632. The summed E-state index contributed by atoms with van der Waals surface area (Å²) in [6.07, 6.45) is 2.37. The van der Waals surface area contributed by atoms with Crippen LogP contribution in [0.5, 0.6) is 0 Å². The van der Waals surface area contributed by atoms with Crippen molar-refractivity contribution in [3.63, 3.8) is 0 Å². The predicted molar refractivity (Wildman–Crippen MR) is 54.9 cm³/mol. The second-order valence-corrected chi connectivity index (χ2v) is 5.92. The summed E-state index contributed by atoms with van der Waals surface area (Å²) in [7, 11) is -3.40. The average Bonchev–Trinajstić information content (AvgIpc) is 2.27. The Morgan fingerprint density at radius 3 is 2.21 bits per heavy atom. The van der Waals surface area contributed by atoms with Gasteiger partial charge in [-0.25, -0.2) is 12.4 Å². The van der Waals surface area contributed by atoms with E-state index in [2.05, 4.69) is 0 Å². The Kier molecular flexibility index (Phi) is 2.69. The average molecular weight is 238 g/mol. The lowest BCUT2D eigenvalue weighted by Crippen LogP contribution is -2.15. The molecule has 4 nitrogen and oxygen atoms in total. The van der Waals surface area contributed by atoms with Crippen LogP contribution in [0.3, 0.4) is 0 Å².